The third-order valence-electron chi connectivity index (χ3n) is 4.84. The molecule has 0 bridgehead atoms. The molecular formula is C20H16F7N3O3. The number of hydrogen-bond acceptors (Lipinski definition) is 3. The first-order valence-corrected chi connectivity index (χ1v) is 9.29. The Morgan fingerprint density at radius 2 is 1.76 bits per heavy atom. The van der Waals surface area contributed by atoms with Gasteiger partial charge >= 0.3 is 24.5 Å². The van der Waals surface area contributed by atoms with Crippen molar-refractivity contribution in [2.24, 2.45) is 0 Å². The number of benzene rings is 2. The highest BCUT2D eigenvalue weighted by molar-refractivity contribution is 5.97. The summed E-state index contributed by atoms with van der Waals surface area (Å²) >= 11 is 0. The maximum atomic E-state index is 13.7. The van der Waals surface area contributed by atoms with Crippen molar-refractivity contribution in [3.05, 3.63) is 52.8 Å². The smallest absolute Gasteiger partial charge is 0.407 e. The molecule has 1 N–H and O–H groups in total. The van der Waals surface area contributed by atoms with Crippen LogP contribution in [0.15, 0.2) is 30.3 Å². The summed E-state index contributed by atoms with van der Waals surface area (Å²) in [5.41, 5.74) is -4.24. The Kier molecular flexibility index (Phi) is 6.18. The Hall–Kier alpha value is -3.51. The first kappa shape index (κ1) is 24.1. The third kappa shape index (κ3) is 4.96. The van der Waals surface area contributed by atoms with Gasteiger partial charge in [-0.15, -0.1) is 0 Å². The van der Waals surface area contributed by atoms with Crippen LogP contribution in [0.25, 0.3) is 0 Å². The SMILES string of the molecule is Cc1cc(N(C)C(=O)Oc2c(N3CCNC3=O)cc(C(F)(F)F)cc2C(F)(F)F)ccc1F. The standard InChI is InChI=1S/C20H16F7N3O3/c1-10-7-12(3-4-14(10)21)29(2)18(32)33-16-13(20(25,26)27)8-11(19(22,23)24)9-15(16)30-6-5-28-17(30)31/h3-4,7-9H,5-6H2,1-2H3,(H,28,31). The number of nitrogens with one attached hydrogen (secondary N) is 1. The van der Waals surface area contributed by atoms with Crippen molar-refractivity contribution in [3.63, 3.8) is 0 Å². The summed E-state index contributed by atoms with van der Waals surface area (Å²) in [5, 5.41) is 2.26. The molecule has 1 aliphatic rings. The molecule has 0 unspecified atom stereocenters. The van der Waals surface area contributed by atoms with E-state index in [1.807, 2.05) is 0 Å². The van der Waals surface area contributed by atoms with Crippen molar-refractivity contribution in [2.75, 3.05) is 29.9 Å². The molecule has 33 heavy (non-hydrogen) atoms. The quantitative estimate of drug-likeness (QED) is 0.605. The highest BCUT2D eigenvalue weighted by atomic mass is 19.4. The topological polar surface area (TPSA) is 61.9 Å². The van der Waals surface area contributed by atoms with E-state index >= 15 is 0 Å². The van der Waals surface area contributed by atoms with E-state index in [1.54, 1.807) is 0 Å². The number of carbonyl (C=O) groups excluding carboxylic acids is 2. The number of anilines is 2. The molecule has 13 heteroatoms. The maximum Gasteiger partial charge on any atom is 0.420 e. The van der Waals surface area contributed by atoms with Crippen LogP contribution in [0.3, 0.4) is 0 Å². The second-order valence-corrected chi connectivity index (χ2v) is 7.11. The minimum absolute atomic E-state index is 0.0431. The normalized spacial score (nSPS) is 14.3. The number of carbonyl (C=O) groups is 2. The molecular weight excluding hydrogens is 463 g/mol. The van der Waals surface area contributed by atoms with Gasteiger partial charge in [0, 0.05) is 25.8 Å². The molecule has 178 valence electrons. The van der Waals surface area contributed by atoms with Crippen LogP contribution >= 0.6 is 0 Å². The van der Waals surface area contributed by atoms with Gasteiger partial charge in [0.1, 0.15) is 11.4 Å². The summed E-state index contributed by atoms with van der Waals surface area (Å²) in [6.07, 6.45) is -11.9. The third-order valence-corrected chi connectivity index (χ3v) is 4.84. The second-order valence-electron chi connectivity index (χ2n) is 7.11. The van der Waals surface area contributed by atoms with Gasteiger partial charge in [0.15, 0.2) is 5.75 Å². The van der Waals surface area contributed by atoms with Crippen molar-refractivity contribution in [2.45, 2.75) is 19.3 Å². The first-order chi connectivity index (χ1) is 15.2. The maximum absolute atomic E-state index is 13.7. The highest BCUT2D eigenvalue weighted by Crippen LogP contribution is 2.46. The fraction of sp³-hybridized carbons (Fsp3) is 0.300. The van der Waals surface area contributed by atoms with Crippen molar-refractivity contribution < 1.29 is 45.1 Å². The molecule has 1 aliphatic heterocycles. The zero-order valence-corrected chi connectivity index (χ0v) is 17.1. The summed E-state index contributed by atoms with van der Waals surface area (Å²) in [6.45, 7) is 1.09. The Morgan fingerprint density at radius 3 is 2.27 bits per heavy atom. The van der Waals surface area contributed by atoms with E-state index in [4.69, 9.17) is 4.74 Å². The van der Waals surface area contributed by atoms with Gasteiger partial charge in [0.2, 0.25) is 0 Å². The highest BCUT2D eigenvalue weighted by Gasteiger charge is 2.43. The molecule has 3 amide bonds. The monoisotopic (exact) mass is 479 g/mol. The summed E-state index contributed by atoms with van der Waals surface area (Å²) in [7, 11) is 1.12. The lowest BCUT2D eigenvalue weighted by Crippen LogP contribution is -2.33. The lowest BCUT2D eigenvalue weighted by Gasteiger charge is -2.25. The zero-order chi connectivity index (χ0) is 24.7. The fourth-order valence-corrected chi connectivity index (χ4v) is 3.10. The van der Waals surface area contributed by atoms with Crippen LogP contribution < -0.4 is 19.9 Å². The van der Waals surface area contributed by atoms with E-state index < -0.39 is 52.9 Å². The van der Waals surface area contributed by atoms with Gasteiger partial charge in [-0.05, 0) is 42.8 Å². The Morgan fingerprint density at radius 1 is 1.09 bits per heavy atom. The summed E-state index contributed by atoms with van der Waals surface area (Å²) < 4.78 is 99.5. The van der Waals surface area contributed by atoms with E-state index in [0.29, 0.717) is 11.0 Å². The fourth-order valence-electron chi connectivity index (χ4n) is 3.10. The molecule has 1 saturated heterocycles. The average molecular weight is 479 g/mol. The molecule has 0 spiro atoms. The van der Waals surface area contributed by atoms with E-state index in [-0.39, 0.29) is 30.4 Å². The summed E-state index contributed by atoms with van der Waals surface area (Å²) in [4.78, 5) is 26.0. The molecule has 6 nitrogen and oxygen atoms in total. The van der Waals surface area contributed by atoms with Gasteiger partial charge < -0.3 is 10.1 Å². The number of rotatable bonds is 3. The van der Waals surface area contributed by atoms with Gasteiger partial charge in [-0.25, -0.2) is 14.0 Å². The Bertz CT molecular complexity index is 1100. The van der Waals surface area contributed by atoms with Gasteiger partial charge in [0.25, 0.3) is 0 Å². The lowest BCUT2D eigenvalue weighted by atomic mass is 10.1. The number of alkyl halides is 6. The van der Waals surface area contributed by atoms with Crippen LogP contribution in [0.5, 0.6) is 5.75 Å². The summed E-state index contributed by atoms with van der Waals surface area (Å²) in [5.74, 6) is -1.85. The molecule has 2 aromatic rings. The molecule has 2 aromatic carbocycles. The first-order valence-electron chi connectivity index (χ1n) is 9.29. The van der Waals surface area contributed by atoms with Crippen LogP contribution in [0, 0.1) is 12.7 Å². The van der Waals surface area contributed by atoms with Crippen LogP contribution in [0.2, 0.25) is 0 Å². The lowest BCUT2D eigenvalue weighted by molar-refractivity contribution is -0.143. The van der Waals surface area contributed by atoms with Crippen molar-refractivity contribution in [1.29, 1.82) is 0 Å². The number of hydrogen-bond donors (Lipinski definition) is 1. The molecule has 3 rings (SSSR count). The summed E-state index contributed by atoms with van der Waals surface area (Å²) in [6, 6.07) is 2.57. The molecule has 0 atom stereocenters. The number of nitrogens with zero attached hydrogens (tertiary/aromatic N) is 2. The minimum Gasteiger partial charge on any atom is -0.407 e. The minimum atomic E-state index is -5.35. The van der Waals surface area contributed by atoms with Crippen LogP contribution in [0.4, 0.5) is 51.7 Å². The number of urea groups is 1. The van der Waals surface area contributed by atoms with Gasteiger partial charge in [-0.2, -0.15) is 26.3 Å². The molecule has 0 aromatic heterocycles. The van der Waals surface area contributed by atoms with Crippen molar-refractivity contribution in [1.82, 2.24) is 5.32 Å². The number of halogens is 7. The Labute approximate surface area is 182 Å². The number of amides is 3. The van der Waals surface area contributed by atoms with Crippen molar-refractivity contribution >= 4 is 23.5 Å². The van der Waals surface area contributed by atoms with Gasteiger partial charge in [-0.3, -0.25) is 9.80 Å². The second kappa shape index (κ2) is 8.45. The van der Waals surface area contributed by atoms with E-state index in [2.05, 4.69) is 5.32 Å². The predicted molar refractivity (Wildman–Crippen MR) is 103 cm³/mol. The number of ether oxygens (including phenoxy) is 1. The van der Waals surface area contributed by atoms with E-state index in [9.17, 15) is 40.3 Å². The molecule has 0 saturated carbocycles. The van der Waals surface area contributed by atoms with Gasteiger partial charge in [0.05, 0.1) is 11.3 Å². The zero-order valence-electron chi connectivity index (χ0n) is 17.1. The molecule has 1 fully saturated rings. The molecule has 0 radical (unpaired) electrons. The Balaban J connectivity index is 2.12. The van der Waals surface area contributed by atoms with E-state index in [1.165, 1.54) is 13.0 Å². The van der Waals surface area contributed by atoms with Crippen LogP contribution in [-0.2, 0) is 12.4 Å². The van der Waals surface area contributed by atoms with E-state index in [0.717, 1.165) is 24.1 Å². The average Bonchev–Trinajstić information content (AvgIpc) is 3.13. The number of aryl methyl sites for hydroxylation is 1. The van der Waals surface area contributed by atoms with Crippen LogP contribution in [0.1, 0.15) is 16.7 Å². The molecule has 1 heterocycles. The van der Waals surface area contributed by atoms with Crippen molar-refractivity contribution in [3.8, 4) is 5.75 Å². The molecule has 0 aliphatic carbocycles. The van der Waals surface area contributed by atoms with Gasteiger partial charge in [-0.1, -0.05) is 0 Å². The predicted octanol–water partition coefficient (Wildman–Crippen LogP) is 5.34. The van der Waals surface area contributed by atoms with Crippen LogP contribution in [-0.4, -0.2) is 32.3 Å². The largest absolute Gasteiger partial charge is 0.420 e.